The molecule has 1 aromatic carbocycles. The number of hydrogen-bond acceptors (Lipinski definition) is 1. The number of Topliss-reactive ketones (excluding diaryl/α,β-unsaturated/α-hetero) is 1. The van der Waals surface area contributed by atoms with Crippen molar-refractivity contribution in [2.75, 3.05) is 0 Å². The van der Waals surface area contributed by atoms with Crippen molar-refractivity contribution >= 4 is 5.78 Å². The number of carbonyl (C=O) groups is 1. The third kappa shape index (κ3) is 3.56. The normalized spacial score (nSPS) is 10.8. The second-order valence-corrected chi connectivity index (χ2v) is 5.15. The van der Waals surface area contributed by atoms with Crippen LogP contribution in [-0.2, 0) is 13.0 Å². The molecule has 0 bridgehead atoms. The lowest BCUT2D eigenvalue weighted by Gasteiger charge is -2.06. The number of benzene rings is 1. The highest BCUT2D eigenvalue weighted by molar-refractivity contribution is 5.95. The molecule has 3 heteroatoms. The molecule has 1 aromatic heterocycles. The molecule has 20 heavy (non-hydrogen) atoms. The van der Waals surface area contributed by atoms with E-state index in [0.29, 0.717) is 5.56 Å². The predicted octanol–water partition coefficient (Wildman–Crippen LogP) is 4.16. The van der Waals surface area contributed by atoms with Gasteiger partial charge in [0.15, 0.2) is 5.78 Å². The lowest BCUT2D eigenvalue weighted by molar-refractivity contribution is 0.0971. The summed E-state index contributed by atoms with van der Waals surface area (Å²) in [5.41, 5.74) is 2.70. The molecule has 0 aliphatic rings. The zero-order chi connectivity index (χ0) is 14.5. The molecule has 0 spiro atoms. The van der Waals surface area contributed by atoms with Gasteiger partial charge in [-0.1, -0.05) is 37.6 Å². The first-order chi connectivity index (χ1) is 9.60. The van der Waals surface area contributed by atoms with Crippen LogP contribution in [0.25, 0.3) is 0 Å². The topological polar surface area (TPSA) is 22.0 Å². The maximum absolute atomic E-state index is 13.1. The third-order valence-electron chi connectivity index (χ3n) is 3.49. The molecule has 2 nitrogen and oxygen atoms in total. The zero-order valence-electron chi connectivity index (χ0n) is 12.0. The maximum Gasteiger partial charge on any atom is 0.182 e. The summed E-state index contributed by atoms with van der Waals surface area (Å²) in [7, 11) is 0. The summed E-state index contributed by atoms with van der Waals surface area (Å²) in [4.78, 5) is 12.2. The number of aryl methyl sites for hydroxylation is 2. The number of ketones is 1. The summed E-state index contributed by atoms with van der Waals surface area (Å²) >= 11 is 0. The molecule has 2 aromatic rings. The summed E-state index contributed by atoms with van der Waals surface area (Å²) in [5, 5.41) is 0. The number of unbranched alkanes of at least 4 members (excludes halogenated alkanes) is 1. The second-order valence-electron chi connectivity index (χ2n) is 5.15. The van der Waals surface area contributed by atoms with Gasteiger partial charge in [-0.2, -0.15) is 0 Å². The fourth-order valence-electron chi connectivity index (χ4n) is 2.22. The SMILES string of the molecule is CCCCc1ccc(C(=O)Cn2cc(F)cc2C)cc1. The first kappa shape index (κ1) is 14.5. The third-order valence-corrected chi connectivity index (χ3v) is 3.49. The Morgan fingerprint density at radius 1 is 1.25 bits per heavy atom. The van der Waals surface area contributed by atoms with Gasteiger partial charge in [0.05, 0.1) is 6.54 Å². The van der Waals surface area contributed by atoms with Gasteiger partial charge in [-0.3, -0.25) is 4.79 Å². The molecule has 2 rings (SSSR count). The number of hydrogen-bond donors (Lipinski definition) is 0. The van der Waals surface area contributed by atoms with Gasteiger partial charge in [-0.25, -0.2) is 4.39 Å². The standard InChI is InChI=1S/C17H20FNO/c1-3-4-5-14-6-8-15(9-7-14)17(20)12-19-11-16(18)10-13(19)2/h6-11H,3-5,12H2,1-2H3. The van der Waals surface area contributed by atoms with Crippen LogP contribution in [0, 0.1) is 12.7 Å². The first-order valence-corrected chi connectivity index (χ1v) is 7.04. The van der Waals surface area contributed by atoms with Crippen molar-refractivity contribution in [3.8, 4) is 0 Å². The fraction of sp³-hybridized carbons (Fsp3) is 0.353. The predicted molar refractivity (Wildman–Crippen MR) is 78.5 cm³/mol. The largest absolute Gasteiger partial charge is 0.341 e. The zero-order valence-corrected chi connectivity index (χ0v) is 12.0. The summed E-state index contributed by atoms with van der Waals surface area (Å²) in [6.45, 7) is 4.14. The number of aromatic nitrogens is 1. The average Bonchev–Trinajstić information content (AvgIpc) is 2.75. The van der Waals surface area contributed by atoms with Gasteiger partial charge in [0.25, 0.3) is 0 Å². The molecule has 0 radical (unpaired) electrons. The van der Waals surface area contributed by atoms with Gasteiger partial charge in [-0.15, -0.1) is 0 Å². The molecule has 0 unspecified atom stereocenters. The molecule has 1 heterocycles. The molecule has 0 saturated carbocycles. The molecule has 0 N–H and O–H groups in total. The second kappa shape index (κ2) is 6.51. The van der Waals surface area contributed by atoms with E-state index in [4.69, 9.17) is 0 Å². The highest BCUT2D eigenvalue weighted by atomic mass is 19.1. The van der Waals surface area contributed by atoms with E-state index in [0.717, 1.165) is 18.5 Å². The fourth-order valence-corrected chi connectivity index (χ4v) is 2.22. The monoisotopic (exact) mass is 273 g/mol. The molecule has 0 aliphatic heterocycles. The molecular formula is C17H20FNO. The van der Waals surface area contributed by atoms with Crippen LogP contribution in [0.4, 0.5) is 4.39 Å². The lowest BCUT2D eigenvalue weighted by atomic mass is 10.0. The first-order valence-electron chi connectivity index (χ1n) is 7.04. The molecule has 0 saturated heterocycles. The van der Waals surface area contributed by atoms with Gasteiger partial charge in [0, 0.05) is 17.5 Å². The van der Waals surface area contributed by atoms with E-state index in [-0.39, 0.29) is 18.1 Å². The minimum atomic E-state index is -0.301. The van der Waals surface area contributed by atoms with Crippen molar-refractivity contribution in [2.45, 2.75) is 39.7 Å². The Morgan fingerprint density at radius 3 is 2.50 bits per heavy atom. The van der Waals surface area contributed by atoms with Gasteiger partial charge in [0.1, 0.15) is 5.82 Å². The average molecular weight is 273 g/mol. The molecule has 0 amide bonds. The van der Waals surface area contributed by atoms with Crippen molar-refractivity contribution < 1.29 is 9.18 Å². The maximum atomic E-state index is 13.1. The Kier molecular flexibility index (Phi) is 4.72. The molecule has 0 fully saturated rings. The molecular weight excluding hydrogens is 253 g/mol. The number of carbonyl (C=O) groups excluding carboxylic acids is 1. The van der Waals surface area contributed by atoms with Gasteiger partial charge in [-0.05, 0) is 31.4 Å². The summed E-state index contributed by atoms with van der Waals surface area (Å²) in [6.07, 6.45) is 4.74. The van der Waals surface area contributed by atoms with E-state index >= 15 is 0 Å². The van der Waals surface area contributed by atoms with Crippen LogP contribution >= 0.6 is 0 Å². The van der Waals surface area contributed by atoms with E-state index in [2.05, 4.69) is 6.92 Å². The minimum Gasteiger partial charge on any atom is -0.341 e. The Balaban J connectivity index is 2.04. The van der Waals surface area contributed by atoms with Crippen molar-refractivity contribution in [3.05, 3.63) is 59.2 Å². The molecule has 0 aliphatic carbocycles. The van der Waals surface area contributed by atoms with Gasteiger partial charge >= 0.3 is 0 Å². The van der Waals surface area contributed by atoms with Crippen LogP contribution in [0.15, 0.2) is 36.5 Å². The van der Waals surface area contributed by atoms with Crippen molar-refractivity contribution in [3.63, 3.8) is 0 Å². The van der Waals surface area contributed by atoms with Gasteiger partial charge < -0.3 is 4.57 Å². The van der Waals surface area contributed by atoms with Crippen LogP contribution in [0.5, 0.6) is 0 Å². The molecule has 0 atom stereocenters. The Labute approximate surface area is 119 Å². The van der Waals surface area contributed by atoms with E-state index in [1.807, 2.05) is 24.3 Å². The Hall–Kier alpha value is -1.90. The number of halogens is 1. The van der Waals surface area contributed by atoms with Crippen LogP contribution < -0.4 is 0 Å². The highest BCUT2D eigenvalue weighted by Crippen LogP contribution is 2.11. The lowest BCUT2D eigenvalue weighted by Crippen LogP contribution is -2.10. The van der Waals surface area contributed by atoms with Crippen molar-refractivity contribution in [1.82, 2.24) is 4.57 Å². The highest BCUT2D eigenvalue weighted by Gasteiger charge is 2.09. The summed E-state index contributed by atoms with van der Waals surface area (Å²) < 4.78 is 14.7. The van der Waals surface area contributed by atoms with E-state index in [1.165, 1.54) is 24.2 Å². The van der Waals surface area contributed by atoms with Gasteiger partial charge in [0.2, 0.25) is 0 Å². The van der Waals surface area contributed by atoms with Crippen LogP contribution in [0.1, 0.15) is 41.4 Å². The number of rotatable bonds is 6. The summed E-state index contributed by atoms with van der Waals surface area (Å²) in [5.74, 6) is -0.295. The van der Waals surface area contributed by atoms with E-state index in [1.54, 1.807) is 11.5 Å². The molecule has 106 valence electrons. The summed E-state index contributed by atoms with van der Waals surface area (Å²) in [6, 6.07) is 9.17. The van der Waals surface area contributed by atoms with Crippen LogP contribution in [-0.4, -0.2) is 10.4 Å². The minimum absolute atomic E-state index is 0.00532. The quantitative estimate of drug-likeness (QED) is 0.724. The van der Waals surface area contributed by atoms with Crippen molar-refractivity contribution in [1.29, 1.82) is 0 Å². The number of nitrogens with zero attached hydrogens (tertiary/aromatic N) is 1. The van der Waals surface area contributed by atoms with Crippen molar-refractivity contribution in [2.24, 2.45) is 0 Å². The van der Waals surface area contributed by atoms with E-state index in [9.17, 15) is 9.18 Å². The Morgan fingerprint density at radius 2 is 1.95 bits per heavy atom. The van der Waals surface area contributed by atoms with E-state index < -0.39 is 0 Å². The van der Waals surface area contributed by atoms with Crippen LogP contribution in [0.3, 0.4) is 0 Å². The Bertz CT molecular complexity index is 584. The smallest absolute Gasteiger partial charge is 0.182 e. The van der Waals surface area contributed by atoms with Crippen LogP contribution in [0.2, 0.25) is 0 Å².